The fourth-order valence-electron chi connectivity index (χ4n) is 1.65. The van der Waals surface area contributed by atoms with Crippen LogP contribution in [0.1, 0.15) is 34.0 Å². The van der Waals surface area contributed by atoms with E-state index in [0.717, 1.165) is 17.1 Å². The first-order valence-electron chi connectivity index (χ1n) is 5.72. The van der Waals surface area contributed by atoms with Crippen LogP contribution in [0.15, 0.2) is 6.07 Å². The van der Waals surface area contributed by atoms with Gasteiger partial charge < -0.3 is 11.1 Å². The minimum absolute atomic E-state index is 0.00734. The average Bonchev–Trinajstić information content (AvgIpc) is 2.68. The average molecular weight is 270 g/mol. The fraction of sp³-hybridized carbons (Fsp3) is 0.583. The van der Waals surface area contributed by atoms with Crippen molar-refractivity contribution in [3.05, 3.63) is 21.4 Å². The highest BCUT2D eigenvalue weighted by molar-refractivity contribution is 7.98. The van der Waals surface area contributed by atoms with Crippen LogP contribution in [0.3, 0.4) is 0 Å². The normalized spacial score (nSPS) is 15.5. The van der Waals surface area contributed by atoms with Gasteiger partial charge in [0.05, 0.1) is 4.88 Å². The zero-order valence-electron chi connectivity index (χ0n) is 10.2. The number of rotatable bonds is 3. The molecular formula is C12H18N2OS2. The van der Waals surface area contributed by atoms with E-state index < -0.39 is 0 Å². The molecule has 0 unspecified atom stereocenters. The number of thiophene rings is 1. The van der Waals surface area contributed by atoms with Gasteiger partial charge in [0.2, 0.25) is 0 Å². The van der Waals surface area contributed by atoms with Crippen molar-refractivity contribution in [2.45, 2.75) is 31.6 Å². The Kier molecular flexibility index (Phi) is 3.80. The fourth-order valence-corrected chi connectivity index (χ4v) is 3.94. The summed E-state index contributed by atoms with van der Waals surface area (Å²) in [6, 6.07) is 2.03. The van der Waals surface area contributed by atoms with Crippen LogP contribution in [0.2, 0.25) is 0 Å². The number of fused-ring (bicyclic) bond motifs is 1. The van der Waals surface area contributed by atoms with Crippen LogP contribution in [0.4, 0.5) is 0 Å². The van der Waals surface area contributed by atoms with Crippen LogP contribution >= 0.6 is 23.1 Å². The Bertz CT molecular complexity index is 397. The lowest BCUT2D eigenvalue weighted by Gasteiger charge is -2.18. The molecular weight excluding hydrogens is 252 g/mol. The van der Waals surface area contributed by atoms with E-state index in [0.29, 0.717) is 6.54 Å². The molecule has 0 saturated carbocycles. The van der Waals surface area contributed by atoms with Gasteiger partial charge in [-0.3, -0.25) is 4.79 Å². The van der Waals surface area contributed by atoms with Crippen LogP contribution in [0.25, 0.3) is 0 Å². The number of aryl methyl sites for hydroxylation is 1. The Morgan fingerprint density at radius 3 is 3.00 bits per heavy atom. The zero-order valence-corrected chi connectivity index (χ0v) is 11.8. The highest BCUT2D eigenvalue weighted by Crippen LogP contribution is 2.31. The molecule has 94 valence electrons. The third-order valence-corrected chi connectivity index (χ3v) is 4.80. The van der Waals surface area contributed by atoms with Crippen molar-refractivity contribution < 1.29 is 4.79 Å². The van der Waals surface area contributed by atoms with E-state index >= 15 is 0 Å². The van der Waals surface area contributed by atoms with E-state index in [1.165, 1.54) is 16.2 Å². The monoisotopic (exact) mass is 270 g/mol. The van der Waals surface area contributed by atoms with E-state index in [1.807, 2.05) is 31.7 Å². The molecule has 1 aromatic heterocycles. The lowest BCUT2D eigenvalue weighted by atomic mass is 10.1. The molecule has 0 aromatic carbocycles. The SMILES string of the molecule is CC(C)(N)CNC(=O)c1cc2c(s1)CCSC2. The van der Waals surface area contributed by atoms with Crippen molar-refractivity contribution in [1.82, 2.24) is 5.32 Å². The molecule has 1 aromatic rings. The summed E-state index contributed by atoms with van der Waals surface area (Å²) in [5.74, 6) is 2.22. The number of amides is 1. The predicted octanol–water partition coefficient (Wildman–Crippen LogP) is 2.00. The molecule has 3 N–H and O–H groups in total. The maximum absolute atomic E-state index is 11.9. The molecule has 0 fully saturated rings. The quantitative estimate of drug-likeness (QED) is 0.883. The highest BCUT2D eigenvalue weighted by atomic mass is 32.2. The van der Waals surface area contributed by atoms with Crippen molar-refractivity contribution in [2.75, 3.05) is 12.3 Å². The molecule has 2 heterocycles. The van der Waals surface area contributed by atoms with Crippen LogP contribution in [0, 0.1) is 0 Å². The summed E-state index contributed by atoms with van der Waals surface area (Å²) in [6.07, 6.45) is 1.10. The molecule has 0 radical (unpaired) electrons. The van der Waals surface area contributed by atoms with E-state index in [-0.39, 0.29) is 11.4 Å². The molecule has 1 aliphatic heterocycles. The number of thioether (sulfide) groups is 1. The highest BCUT2D eigenvalue weighted by Gasteiger charge is 2.19. The number of hydrogen-bond acceptors (Lipinski definition) is 4. The number of carbonyl (C=O) groups is 1. The summed E-state index contributed by atoms with van der Waals surface area (Å²) < 4.78 is 0. The van der Waals surface area contributed by atoms with Crippen LogP contribution in [0.5, 0.6) is 0 Å². The molecule has 5 heteroatoms. The Balaban J connectivity index is 2.02. The molecule has 0 aliphatic carbocycles. The summed E-state index contributed by atoms with van der Waals surface area (Å²) in [5.41, 5.74) is 6.82. The van der Waals surface area contributed by atoms with E-state index in [9.17, 15) is 4.79 Å². The molecule has 17 heavy (non-hydrogen) atoms. The smallest absolute Gasteiger partial charge is 0.261 e. The Morgan fingerprint density at radius 1 is 1.59 bits per heavy atom. The number of hydrogen-bond donors (Lipinski definition) is 2. The van der Waals surface area contributed by atoms with Crippen molar-refractivity contribution >= 4 is 29.0 Å². The molecule has 0 spiro atoms. The lowest BCUT2D eigenvalue weighted by molar-refractivity contribution is 0.0950. The van der Waals surface area contributed by atoms with Crippen molar-refractivity contribution in [1.29, 1.82) is 0 Å². The van der Waals surface area contributed by atoms with Gasteiger partial charge in [0.1, 0.15) is 0 Å². The van der Waals surface area contributed by atoms with Crippen molar-refractivity contribution in [3.63, 3.8) is 0 Å². The van der Waals surface area contributed by atoms with Crippen molar-refractivity contribution in [3.8, 4) is 0 Å². The van der Waals surface area contributed by atoms with Gasteiger partial charge in [-0.1, -0.05) is 0 Å². The maximum atomic E-state index is 11.9. The standard InChI is InChI=1S/C12H18N2OS2/c1-12(2,13)7-14-11(15)10-5-8-6-16-4-3-9(8)17-10/h5H,3-4,6-7,13H2,1-2H3,(H,14,15). The van der Waals surface area contributed by atoms with Gasteiger partial charge in [-0.15, -0.1) is 11.3 Å². The summed E-state index contributed by atoms with van der Waals surface area (Å²) >= 11 is 3.56. The number of carbonyl (C=O) groups excluding carboxylic acids is 1. The lowest BCUT2D eigenvalue weighted by Crippen LogP contribution is -2.44. The molecule has 1 amide bonds. The van der Waals surface area contributed by atoms with Gasteiger partial charge >= 0.3 is 0 Å². The second-order valence-electron chi connectivity index (χ2n) is 5.03. The number of nitrogens with two attached hydrogens (primary N) is 1. The third kappa shape index (κ3) is 3.47. The largest absolute Gasteiger partial charge is 0.350 e. The van der Waals surface area contributed by atoms with Crippen LogP contribution in [-0.4, -0.2) is 23.7 Å². The van der Waals surface area contributed by atoms with E-state index in [1.54, 1.807) is 11.3 Å². The Morgan fingerprint density at radius 2 is 2.35 bits per heavy atom. The minimum Gasteiger partial charge on any atom is -0.350 e. The summed E-state index contributed by atoms with van der Waals surface area (Å²) in [6.45, 7) is 4.32. The van der Waals surface area contributed by atoms with Crippen molar-refractivity contribution in [2.24, 2.45) is 5.73 Å². The molecule has 0 saturated heterocycles. The van der Waals surface area contributed by atoms with Crippen LogP contribution < -0.4 is 11.1 Å². The second kappa shape index (κ2) is 5.00. The molecule has 1 aliphatic rings. The summed E-state index contributed by atoms with van der Waals surface area (Å²) in [4.78, 5) is 14.1. The van der Waals surface area contributed by atoms with Gasteiger partial charge in [-0.05, 0) is 37.7 Å². The Labute approximate surface area is 110 Å². The van der Waals surface area contributed by atoms with E-state index in [4.69, 9.17) is 5.73 Å². The van der Waals surface area contributed by atoms with Gasteiger partial charge in [-0.2, -0.15) is 11.8 Å². The molecule has 0 atom stereocenters. The zero-order chi connectivity index (χ0) is 12.5. The summed E-state index contributed by atoms with van der Waals surface area (Å²) in [5, 5.41) is 2.89. The molecule has 3 nitrogen and oxygen atoms in total. The predicted molar refractivity (Wildman–Crippen MR) is 74.8 cm³/mol. The topological polar surface area (TPSA) is 55.1 Å². The van der Waals surface area contributed by atoms with Gasteiger partial charge in [0.15, 0.2) is 0 Å². The van der Waals surface area contributed by atoms with Gasteiger partial charge in [0, 0.05) is 22.7 Å². The molecule has 2 rings (SSSR count). The first-order chi connectivity index (χ1) is 7.96. The first-order valence-corrected chi connectivity index (χ1v) is 7.69. The molecule has 0 bridgehead atoms. The summed E-state index contributed by atoms with van der Waals surface area (Å²) in [7, 11) is 0. The second-order valence-corrected chi connectivity index (χ2v) is 7.27. The van der Waals surface area contributed by atoms with E-state index in [2.05, 4.69) is 5.32 Å². The maximum Gasteiger partial charge on any atom is 0.261 e. The first kappa shape index (κ1) is 12.9. The van der Waals surface area contributed by atoms with Gasteiger partial charge in [0.25, 0.3) is 5.91 Å². The number of nitrogens with one attached hydrogen (secondary N) is 1. The van der Waals surface area contributed by atoms with Crippen LogP contribution in [-0.2, 0) is 12.2 Å². The Hall–Kier alpha value is -0.520. The minimum atomic E-state index is -0.359. The van der Waals surface area contributed by atoms with Gasteiger partial charge in [-0.25, -0.2) is 0 Å². The third-order valence-electron chi connectivity index (χ3n) is 2.56.